The van der Waals surface area contributed by atoms with Crippen molar-refractivity contribution in [3.05, 3.63) is 64.1 Å². The van der Waals surface area contributed by atoms with Crippen molar-refractivity contribution in [2.75, 3.05) is 7.11 Å². The van der Waals surface area contributed by atoms with Gasteiger partial charge in [0.25, 0.3) is 11.8 Å². The van der Waals surface area contributed by atoms with E-state index >= 15 is 0 Å². The number of hydrogen-bond donors (Lipinski definition) is 2. The molecule has 0 spiro atoms. The quantitative estimate of drug-likeness (QED) is 0.666. The molecule has 3 aromatic rings. The zero-order valence-corrected chi connectivity index (χ0v) is 15.4. The summed E-state index contributed by atoms with van der Waals surface area (Å²) in [6, 6.07) is 3.18. The zero-order chi connectivity index (χ0) is 20.7. The summed E-state index contributed by atoms with van der Waals surface area (Å²) in [7, 11) is 1.44. The van der Waals surface area contributed by atoms with Gasteiger partial charge in [-0.3, -0.25) is 9.59 Å². The monoisotopic (exact) mass is 401 g/mol. The molecule has 0 aliphatic heterocycles. The Morgan fingerprint density at radius 2 is 2.14 bits per heavy atom. The second-order valence-corrected chi connectivity index (χ2v) is 6.79. The first kappa shape index (κ1) is 18.9. The number of hydrogen-bond acceptors (Lipinski definition) is 5. The molecule has 0 fully saturated rings. The minimum atomic E-state index is -0.752. The second kappa shape index (κ2) is 7.21. The first-order valence-electron chi connectivity index (χ1n) is 8.82. The highest BCUT2D eigenvalue weighted by Crippen LogP contribution is 2.26. The molecular weight excluding hydrogens is 384 g/mol. The molecule has 8 nitrogen and oxygen atoms in total. The van der Waals surface area contributed by atoms with E-state index in [1.165, 1.54) is 30.0 Å². The number of nitrogens with zero attached hydrogens (tertiary/aromatic N) is 3. The maximum Gasteiger partial charge on any atom is 0.269 e. The van der Waals surface area contributed by atoms with Crippen LogP contribution in [0.15, 0.2) is 24.4 Å². The lowest BCUT2D eigenvalue weighted by Gasteiger charge is -2.12. The smallest absolute Gasteiger partial charge is 0.269 e. The van der Waals surface area contributed by atoms with E-state index in [4.69, 9.17) is 10.5 Å². The van der Waals surface area contributed by atoms with E-state index in [1.54, 1.807) is 0 Å². The van der Waals surface area contributed by atoms with Gasteiger partial charge < -0.3 is 15.8 Å². The van der Waals surface area contributed by atoms with Crippen LogP contribution >= 0.6 is 0 Å². The Labute approximate surface area is 163 Å². The third kappa shape index (κ3) is 3.31. The lowest BCUT2D eigenvalue weighted by Crippen LogP contribution is -2.35. The third-order valence-electron chi connectivity index (χ3n) is 4.85. The normalized spacial score (nSPS) is 15.5. The Morgan fingerprint density at radius 1 is 1.34 bits per heavy atom. The molecule has 0 saturated heterocycles. The summed E-state index contributed by atoms with van der Waals surface area (Å²) in [5.74, 6) is -2.49. The van der Waals surface area contributed by atoms with E-state index in [1.807, 2.05) is 0 Å². The summed E-state index contributed by atoms with van der Waals surface area (Å²) >= 11 is 0. The zero-order valence-electron chi connectivity index (χ0n) is 15.4. The molecule has 0 radical (unpaired) electrons. The van der Waals surface area contributed by atoms with E-state index in [0.29, 0.717) is 17.5 Å². The SMILES string of the molecule is COCc1nc2c(C(=O)NC3Cc4cc(F)cc(F)c4C3)ccnn2c1C(N)=O. The summed E-state index contributed by atoms with van der Waals surface area (Å²) in [5, 5.41) is 6.87. The minimum absolute atomic E-state index is 0.0193. The Hall–Kier alpha value is -3.40. The molecule has 2 heterocycles. The van der Waals surface area contributed by atoms with Crippen molar-refractivity contribution in [1.82, 2.24) is 19.9 Å². The van der Waals surface area contributed by atoms with Crippen LogP contribution in [0.5, 0.6) is 0 Å². The third-order valence-corrected chi connectivity index (χ3v) is 4.85. The topological polar surface area (TPSA) is 112 Å². The highest BCUT2D eigenvalue weighted by molar-refractivity contribution is 6.01. The van der Waals surface area contributed by atoms with Crippen molar-refractivity contribution in [2.45, 2.75) is 25.5 Å². The van der Waals surface area contributed by atoms with Crippen molar-refractivity contribution in [3.8, 4) is 0 Å². The van der Waals surface area contributed by atoms with Crippen LogP contribution in [-0.2, 0) is 24.2 Å². The Morgan fingerprint density at radius 3 is 2.86 bits per heavy atom. The molecule has 29 heavy (non-hydrogen) atoms. The van der Waals surface area contributed by atoms with E-state index in [9.17, 15) is 18.4 Å². The van der Waals surface area contributed by atoms with Crippen molar-refractivity contribution < 1.29 is 23.1 Å². The van der Waals surface area contributed by atoms with Gasteiger partial charge in [-0.2, -0.15) is 5.10 Å². The number of nitrogens with two attached hydrogens (primary N) is 1. The molecule has 3 N–H and O–H groups in total. The van der Waals surface area contributed by atoms with E-state index < -0.39 is 29.5 Å². The van der Waals surface area contributed by atoms with Crippen LogP contribution < -0.4 is 11.1 Å². The number of rotatable bonds is 5. The molecule has 1 aliphatic rings. The summed E-state index contributed by atoms with van der Waals surface area (Å²) in [5.41, 5.74) is 6.98. The van der Waals surface area contributed by atoms with Gasteiger partial charge in [0.2, 0.25) is 0 Å². The Bertz CT molecular complexity index is 1140. The van der Waals surface area contributed by atoms with Crippen LogP contribution in [0.2, 0.25) is 0 Å². The number of amides is 2. The van der Waals surface area contributed by atoms with Gasteiger partial charge in [-0.25, -0.2) is 18.3 Å². The van der Waals surface area contributed by atoms with Crippen LogP contribution in [0, 0.1) is 11.6 Å². The molecule has 2 amide bonds. The van der Waals surface area contributed by atoms with Crippen molar-refractivity contribution in [3.63, 3.8) is 0 Å². The summed E-state index contributed by atoms with van der Waals surface area (Å²) < 4.78 is 33.6. The molecule has 2 aromatic heterocycles. The minimum Gasteiger partial charge on any atom is -0.378 e. The van der Waals surface area contributed by atoms with Crippen LogP contribution in [0.3, 0.4) is 0 Å². The van der Waals surface area contributed by atoms with Crippen LogP contribution in [0.1, 0.15) is 37.7 Å². The number of benzene rings is 1. The average Bonchev–Trinajstić information content (AvgIpc) is 3.22. The van der Waals surface area contributed by atoms with Crippen molar-refractivity contribution in [1.29, 1.82) is 0 Å². The maximum atomic E-state index is 14.0. The van der Waals surface area contributed by atoms with Crippen LogP contribution in [0.25, 0.3) is 5.65 Å². The standard InChI is InChI=1S/C19H17F2N5O3/c1-29-8-15-16(17(22)27)26-18(25-15)12(2-3-23-26)19(28)24-11-5-9-4-10(20)6-14(21)13(9)7-11/h2-4,6,11H,5,7-8H2,1H3,(H2,22,27)(H,24,28). The number of halogens is 2. The predicted molar refractivity (Wildman–Crippen MR) is 97.2 cm³/mol. The fraction of sp³-hybridized carbons (Fsp3) is 0.263. The molecule has 1 aromatic carbocycles. The predicted octanol–water partition coefficient (Wildman–Crippen LogP) is 1.15. The van der Waals surface area contributed by atoms with E-state index in [0.717, 1.165) is 6.07 Å². The number of aromatic nitrogens is 3. The highest BCUT2D eigenvalue weighted by atomic mass is 19.1. The van der Waals surface area contributed by atoms with Crippen LogP contribution in [-0.4, -0.2) is 39.6 Å². The van der Waals surface area contributed by atoms with Crippen LogP contribution in [0.4, 0.5) is 8.78 Å². The molecule has 4 rings (SSSR count). The van der Waals surface area contributed by atoms with Gasteiger partial charge >= 0.3 is 0 Å². The molecule has 10 heteroatoms. The summed E-state index contributed by atoms with van der Waals surface area (Å²) in [4.78, 5) is 29.0. The molecule has 150 valence electrons. The number of ether oxygens (including phenoxy) is 1. The number of imidazole rings is 1. The van der Waals surface area contributed by atoms with Gasteiger partial charge in [0.15, 0.2) is 11.3 Å². The number of primary amides is 1. The highest BCUT2D eigenvalue weighted by Gasteiger charge is 2.28. The van der Waals surface area contributed by atoms with E-state index in [2.05, 4.69) is 15.4 Å². The van der Waals surface area contributed by atoms with Crippen molar-refractivity contribution in [2.24, 2.45) is 5.73 Å². The lowest BCUT2D eigenvalue weighted by molar-refractivity contribution is 0.0937. The number of nitrogens with one attached hydrogen (secondary N) is 1. The van der Waals surface area contributed by atoms with Gasteiger partial charge in [-0.15, -0.1) is 0 Å². The van der Waals surface area contributed by atoms with Gasteiger partial charge in [-0.05, 0) is 36.1 Å². The molecule has 0 bridgehead atoms. The summed E-state index contributed by atoms with van der Waals surface area (Å²) in [6.07, 6.45) is 1.92. The lowest BCUT2D eigenvalue weighted by atomic mass is 10.1. The average molecular weight is 401 g/mol. The van der Waals surface area contributed by atoms with E-state index in [-0.39, 0.29) is 35.6 Å². The Balaban J connectivity index is 1.64. The van der Waals surface area contributed by atoms with Gasteiger partial charge in [0, 0.05) is 25.4 Å². The molecule has 1 aliphatic carbocycles. The summed E-state index contributed by atoms with van der Waals surface area (Å²) in [6.45, 7) is 0.0193. The van der Waals surface area contributed by atoms with Crippen molar-refractivity contribution >= 4 is 17.5 Å². The van der Waals surface area contributed by atoms with Gasteiger partial charge in [0.05, 0.1) is 12.2 Å². The second-order valence-electron chi connectivity index (χ2n) is 6.79. The molecular formula is C19H17F2N5O3. The fourth-order valence-corrected chi connectivity index (χ4v) is 3.67. The first-order valence-corrected chi connectivity index (χ1v) is 8.82. The number of carbonyl (C=O) groups is 2. The fourth-order valence-electron chi connectivity index (χ4n) is 3.67. The number of methoxy groups -OCH3 is 1. The first-order chi connectivity index (χ1) is 13.9. The molecule has 0 saturated carbocycles. The molecule has 1 unspecified atom stereocenters. The number of fused-ring (bicyclic) bond motifs is 2. The maximum absolute atomic E-state index is 14.0. The largest absolute Gasteiger partial charge is 0.378 e. The number of carbonyl (C=O) groups excluding carboxylic acids is 2. The Kier molecular flexibility index (Phi) is 4.71. The van der Waals surface area contributed by atoms with Gasteiger partial charge in [-0.1, -0.05) is 0 Å². The molecule has 1 atom stereocenters. The van der Waals surface area contributed by atoms with Gasteiger partial charge in [0.1, 0.15) is 17.3 Å².